The van der Waals surface area contributed by atoms with Gasteiger partial charge < -0.3 is 9.51 Å². The average Bonchev–Trinajstić information content (AvgIpc) is 3.40. The quantitative estimate of drug-likeness (QED) is 0.508. The number of H-pyrrole nitrogens is 1. The summed E-state index contributed by atoms with van der Waals surface area (Å²) in [5, 5.41) is 4.16. The Hall–Kier alpha value is -3.06. The summed E-state index contributed by atoms with van der Waals surface area (Å²) in [5.74, 6) is 1.99. The smallest absolute Gasteiger partial charge is 0.240 e. The van der Waals surface area contributed by atoms with Crippen LogP contribution in [-0.4, -0.2) is 31.6 Å². The Bertz CT molecular complexity index is 1120. The molecule has 2 aromatic heterocycles. The van der Waals surface area contributed by atoms with Gasteiger partial charge in [0.05, 0.1) is 23.6 Å². The molecule has 154 valence electrons. The van der Waals surface area contributed by atoms with Crippen LogP contribution in [0.3, 0.4) is 0 Å². The zero-order valence-corrected chi connectivity index (χ0v) is 16.7. The van der Waals surface area contributed by atoms with Gasteiger partial charge in [0.15, 0.2) is 5.82 Å². The summed E-state index contributed by atoms with van der Waals surface area (Å²) in [6.07, 6.45) is 4.91. The maximum Gasteiger partial charge on any atom is 0.240 e. The molecular weight excluding hydrogens is 381 g/mol. The zero-order valence-electron chi connectivity index (χ0n) is 16.7. The summed E-state index contributed by atoms with van der Waals surface area (Å²) in [6, 6.07) is 15.1. The van der Waals surface area contributed by atoms with E-state index in [1.807, 2.05) is 18.2 Å². The highest BCUT2D eigenvalue weighted by molar-refractivity contribution is 5.75. The average molecular weight is 405 g/mol. The number of likely N-dealkylation sites (tertiary alicyclic amines) is 1. The molecule has 0 spiro atoms. The molecular formula is C23H24FN5O. The molecule has 1 atom stereocenters. The Kier molecular flexibility index (Phi) is 5.27. The first-order chi connectivity index (χ1) is 14.7. The molecule has 1 aliphatic rings. The maximum absolute atomic E-state index is 13.5. The lowest BCUT2D eigenvalue weighted by atomic mass is 10.0. The molecule has 6 nitrogen and oxygen atoms in total. The minimum absolute atomic E-state index is 0.133. The molecule has 1 aliphatic heterocycles. The number of nitrogens with one attached hydrogen (secondary N) is 1. The second kappa shape index (κ2) is 8.36. The highest BCUT2D eigenvalue weighted by Gasteiger charge is 2.28. The fraction of sp³-hybridized carbons (Fsp3) is 0.348. The van der Waals surface area contributed by atoms with Gasteiger partial charge in [0.1, 0.15) is 11.6 Å². The molecule has 0 unspecified atom stereocenters. The van der Waals surface area contributed by atoms with Crippen LogP contribution < -0.4 is 0 Å². The fourth-order valence-electron chi connectivity index (χ4n) is 4.18. The Morgan fingerprint density at radius 3 is 2.87 bits per heavy atom. The number of nitrogens with zero attached hydrogens (tertiary/aromatic N) is 4. The van der Waals surface area contributed by atoms with Crippen molar-refractivity contribution in [2.45, 2.75) is 44.7 Å². The number of piperidine rings is 1. The Morgan fingerprint density at radius 2 is 1.97 bits per heavy atom. The van der Waals surface area contributed by atoms with Gasteiger partial charge in [-0.2, -0.15) is 4.98 Å². The molecule has 0 bridgehead atoms. The van der Waals surface area contributed by atoms with Gasteiger partial charge in [0, 0.05) is 6.42 Å². The molecule has 2 aromatic carbocycles. The normalized spacial score (nSPS) is 17.6. The highest BCUT2D eigenvalue weighted by Crippen LogP contribution is 2.31. The summed E-state index contributed by atoms with van der Waals surface area (Å²) >= 11 is 0. The molecule has 5 rings (SSSR count). The van der Waals surface area contributed by atoms with Crippen LogP contribution in [0.5, 0.6) is 0 Å². The van der Waals surface area contributed by atoms with E-state index in [0.717, 1.165) is 61.3 Å². The summed E-state index contributed by atoms with van der Waals surface area (Å²) in [6.45, 7) is 1.53. The second-order valence-corrected chi connectivity index (χ2v) is 7.86. The number of halogens is 1. The third-order valence-electron chi connectivity index (χ3n) is 5.72. The van der Waals surface area contributed by atoms with Crippen molar-refractivity contribution in [3.05, 3.63) is 77.5 Å². The number of aromatic amines is 1. The number of imidazole rings is 1. The lowest BCUT2D eigenvalue weighted by Crippen LogP contribution is -2.33. The number of rotatable bonds is 6. The van der Waals surface area contributed by atoms with Crippen molar-refractivity contribution in [2.75, 3.05) is 6.54 Å². The van der Waals surface area contributed by atoms with Gasteiger partial charge >= 0.3 is 0 Å². The number of aryl methyl sites for hydroxylation is 2. The van der Waals surface area contributed by atoms with Crippen molar-refractivity contribution in [3.63, 3.8) is 0 Å². The first-order valence-electron chi connectivity index (χ1n) is 10.5. The molecule has 1 fully saturated rings. The predicted molar refractivity (Wildman–Crippen MR) is 111 cm³/mol. The van der Waals surface area contributed by atoms with E-state index in [-0.39, 0.29) is 11.9 Å². The fourth-order valence-corrected chi connectivity index (χ4v) is 4.18. The number of benzene rings is 2. The molecule has 3 heterocycles. The van der Waals surface area contributed by atoms with Gasteiger partial charge in [-0.15, -0.1) is 0 Å². The largest absolute Gasteiger partial charge is 0.341 e. The predicted octanol–water partition coefficient (Wildman–Crippen LogP) is 4.60. The van der Waals surface area contributed by atoms with E-state index in [4.69, 9.17) is 9.51 Å². The van der Waals surface area contributed by atoms with E-state index in [0.29, 0.717) is 12.4 Å². The summed E-state index contributed by atoms with van der Waals surface area (Å²) in [4.78, 5) is 14.9. The summed E-state index contributed by atoms with van der Waals surface area (Å²) < 4.78 is 19.1. The van der Waals surface area contributed by atoms with Crippen LogP contribution in [0, 0.1) is 5.82 Å². The van der Waals surface area contributed by atoms with Crippen LogP contribution >= 0.6 is 0 Å². The summed E-state index contributed by atoms with van der Waals surface area (Å²) in [5.41, 5.74) is 2.79. The van der Waals surface area contributed by atoms with Crippen LogP contribution in [0.1, 0.15) is 48.4 Å². The van der Waals surface area contributed by atoms with E-state index in [1.54, 1.807) is 6.07 Å². The monoisotopic (exact) mass is 405 g/mol. The standard InChI is InChI=1S/C23H24FN5O/c24-17-10-11-18-19(14-17)26-23(25-18)20-8-4-5-13-29(20)15-22-27-21(28-30-22)12-9-16-6-2-1-3-7-16/h1-3,6-7,10-11,14,20H,4-5,8-9,12-13,15H2,(H,25,26)/t20-/m1/s1. The van der Waals surface area contributed by atoms with E-state index in [9.17, 15) is 4.39 Å². The Labute approximate surface area is 174 Å². The molecule has 0 aliphatic carbocycles. The van der Waals surface area contributed by atoms with Crippen LogP contribution in [0.15, 0.2) is 53.1 Å². The molecule has 0 saturated carbocycles. The molecule has 30 heavy (non-hydrogen) atoms. The number of hydrogen-bond donors (Lipinski definition) is 1. The Balaban J connectivity index is 1.28. The molecule has 0 radical (unpaired) electrons. The van der Waals surface area contributed by atoms with E-state index in [2.05, 4.69) is 32.2 Å². The van der Waals surface area contributed by atoms with Gasteiger partial charge in [0.2, 0.25) is 5.89 Å². The summed E-state index contributed by atoms with van der Waals surface area (Å²) in [7, 11) is 0. The zero-order chi connectivity index (χ0) is 20.3. The van der Waals surface area contributed by atoms with Gasteiger partial charge in [-0.25, -0.2) is 9.37 Å². The van der Waals surface area contributed by atoms with Crippen molar-refractivity contribution in [1.29, 1.82) is 0 Å². The van der Waals surface area contributed by atoms with E-state index in [1.165, 1.54) is 17.7 Å². The van der Waals surface area contributed by atoms with Crippen molar-refractivity contribution < 1.29 is 8.91 Å². The van der Waals surface area contributed by atoms with Crippen molar-refractivity contribution >= 4 is 11.0 Å². The van der Waals surface area contributed by atoms with Gasteiger partial charge in [-0.1, -0.05) is 41.9 Å². The van der Waals surface area contributed by atoms with Crippen molar-refractivity contribution in [1.82, 2.24) is 25.0 Å². The minimum Gasteiger partial charge on any atom is -0.341 e. The molecule has 4 aromatic rings. The van der Waals surface area contributed by atoms with Crippen molar-refractivity contribution in [2.24, 2.45) is 0 Å². The minimum atomic E-state index is -0.257. The number of aromatic nitrogens is 4. The van der Waals surface area contributed by atoms with Crippen LogP contribution in [0.4, 0.5) is 4.39 Å². The third kappa shape index (κ3) is 4.11. The van der Waals surface area contributed by atoms with Crippen molar-refractivity contribution in [3.8, 4) is 0 Å². The van der Waals surface area contributed by atoms with Gasteiger partial charge in [-0.05, 0) is 49.6 Å². The molecule has 0 amide bonds. The molecule has 1 saturated heterocycles. The van der Waals surface area contributed by atoms with Gasteiger partial charge in [-0.3, -0.25) is 4.90 Å². The van der Waals surface area contributed by atoms with Crippen LogP contribution in [-0.2, 0) is 19.4 Å². The SMILES string of the molecule is Fc1ccc2nc([C@H]3CCCCN3Cc3nc(CCc4ccccc4)no3)[nH]c2c1. The van der Waals surface area contributed by atoms with Crippen LogP contribution in [0.25, 0.3) is 11.0 Å². The molecule has 7 heteroatoms. The second-order valence-electron chi connectivity index (χ2n) is 7.86. The van der Waals surface area contributed by atoms with Gasteiger partial charge in [0.25, 0.3) is 0 Å². The third-order valence-corrected chi connectivity index (χ3v) is 5.72. The highest BCUT2D eigenvalue weighted by atomic mass is 19.1. The Morgan fingerprint density at radius 1 is 1.07 bits per heavy atom. The van der Waals surface area contributed by atoms with E-state index < -0.39 is 0 Å². The first kappa shape index (κ1) is 18.9. The topological polar surface area (TPSA) is 70.8 Å². The number of fused-ring (bicyclic) bond motifs is 1. The first-order valence-corrected chi connectivity index (χ1v) is 10.5. The maximum atomic E-state index is 13.5. The van der Waals surface area contributed by atoms with Crippen LogP contribution in [0.2, 0.25) is 0 Å². The lowest BCUT2D eigenvalue weighted by molar-refractivity contribution is 0.119. The molecule has 1 N–H and O–H groups in total. The lowest BCUT2D eigenvalue weighted by Gasteiger charge is -2.33. The number of hydrogen-bond acceptors (Lipinski definition) is 5. The van der Waals surface area contributed by atoms with E-state index >= 15 is 0 Å².